The van der Waals surface area contributed by atoms with Gasteiger partial charge in [-0.25, -0.2) is 0 Å². The highest BCUT2D eigenvalue weighted by Gasteiger charge is 2.50. The minimum absolute atomic E-state index is 0.0193. The summed E-state index contributed by atoms with van der Waals surface area (Å²) in [5.74, 6) is 0.234. The molecule has 2 rings (SSSR count). The van der Waals surface area contributed by atoms with Gasteiger partial charge in [-0.2, -0.15) is 0 Å². The van der Waals surface area contributed by atoms with Gasteiger partial charge in [0.25, 0.3) is 8.32 Å². The van der Waals surface area contributed by atoms with Crippen molar-refractivity contribution in [1.29, 1.82) is 0 Å². The average molecular weight is 1080 g/mol. The molecule has 2 aromatic rings. The van der Waals surface area contributed by atoms with Crippen LogP contribution in [-0.2, 0) is 28.3 Å². The van der Waals surface area contributed by atoms with E-state index < -0.39 is 8.32 Å². The molecule has 0 aliphatic rings. The Kier molecular flexibility index (Phi) is 40.7. The van der Waals surface area contributed by atoms with E-state index in [-0.39, 0.29) is 35.3 Å². The summed E-state index contributed by atoms with van der Waals surface area (Å²) in [6, 6.07) is 22.2. The lowest BCUT2D eigenvalue weighted by Gasteiger charge is -2.43. The Morgan fingerprint density at radius 3 is 1.39 bits per heavy atom. The summed E-state index contributed by atoms with van der Waals surface area (Å²) >= 11 is 0. The predicted molar refractivity (Wildman–Crippen MR) is 326 cm³/mol. The molecule has 76 heavy (non-hydrogen) atoms. The van der Waals surface area contributed by atoms with Crippen molar-refractivity contribution in [3.63, 3.8) is 0 Å². The maximum Gasteiger partial charge on any atom is 0.325 e. The van der Waals surface area contributed by atoms with Gasteiger partial charge in [-0.05, 0) is 92.1 Å². The number of rotatable bonds is 50. The van der Waals surface area contributed by atoms with Crippen molar-refractivity contribution in [1.82, 2.24) is 10.2 Å². The van der Waals surface area contributed by atoms with Crippen LogP contribution in [0.15, 0.2) is 60.7 Å². The highest BCUT2D eigenvalue weighted by Crippen LogP contribution is 2.37. The lowest BCUT2D eigenvalue weighted by Crippen LogP contribution is -2.66. The van der Waals surface area contributed by atoms with E-state index in [9.17, 15) is 14.4 Å². The van der Waals surface area contributed by atoms with Crippen LogP contribution in [0, 0.1) is 11.8 Å². The molecule has 0 aliphatic heterocycles. The molecule has 0 radical (unpaired) electrons. The van der Waals surface area contributed by atoms with E-state index in [1.807, 2.05) is 0 Å². The number of hydrogen-bond donors (Lipinski definition) is 1. The summed E-state index contributed by atoms with van der Waals surface area (Å²) in [6.45, 7) is 18.6. The Bertz CT molecular complexity index is 1630. The van der Waals surface area contributed by atoms with Crippen LogP contribution in [-0.4, -0.2) is 77.1 Å². The number of nitrogens with one attached hydrogen (secondary N) is 1. The van der Waals surface area contributed by atoms with E-state index in [1.54, 1.807) is 11.9 Å². The summed E-state index contributed by atoms with van der Waals surface area (Å²) in [5, 5.41) is 6.54. The third-order valence-corrected chi connectivity index (χ3v) is 21.0. The van der Waals surface area contributed by atoms with Crippen molar-refractivity contribution < 1.29 is 28.3 Å². The smallest absolute Gasteiger partial charge is 0.325 e. The summed E-state index contributed by atoms with van der Waals surface area (Å²) in [7, 11) is -0.807. The SMILES string of the molecule is CCCCCCCCC(CCCCCC)C(=O)OCCCCCC(CCCCCOC(=O)CN(C)C(=O)CC(CCCCCCC)CCCCCCC)NCCCCO[Si](c1ccccc1)(c1ccccc1)C(C)(C)C. The van der Waals surface area contributed by atoms with Crippen molar-refractivity contribution in [2.45, 2.75) is 284 Å². The van der Waals surface area contributed by atoms with Crippen molar-refractivity contribution >= 4 is 36.5 Å². The van der Waals surface area contributed by atoms with Gasteiger partial charge in [0.1, 0.15) is 6.54 Å². The van der Waals surface area contributed by atoms with Gasteiger partial charge < -0.3 is 24.1 Å². The van der Waals surface area contributed by atoms with Gasteiger partial charge in [-0.15, -0.1) is 0 Å². The first-order valence-electron chi connectivity index (χ1n) is 32.0. The second kappa shape index (κ2) is 44.8. The van der Waals surface area contributed by atoms with Gasteiger partial charge in [0.2, 0.25) is 5.91 Å². The van der Waals surface area contributed by atoms with Crippen LogP contribution in [0.3, 0.4) is 0 Å². The topological polar surface area (TPSA) is 94.2 Å². The number of amides is 1. The van der Waals surface area contributed by atoms with Crippen molar-refractivity contribution in [2.75, 3.05) is 40.0 Å². The minimum Gasteiger partial charge on any atom is -0.465 e. The maximum atomic E-state index is 13.3. The molecule has 0 bridgehead atoms. The fourth-order valence-electron chi connectivity index (χ4n) is 11.2. The second-order valence-corrected chi connectivity index (χ2v) is 28.1. The summed E-state index contributed by atoms with van der Waals surface area (Å²) in [4.78, 5) is 41.2. The van der Waals surface area contributed by atoms with Crippen LogP contribution >= 0.6 is 0 Å². The lowest BCUT2D eigenvalue weighted by molar-refractivity contribution is -0.149. The largest absolute Gasteiger partial charge is 0.465 e. The van der Waals surface area contributed by atoms with E-state index in [1.165, 1.54) is 126 Å². The zero-order valence-electron chi connectivity index (χ0n) is 50.7. The molecular formula is C67H118N2O6Si. The maximum absolute atomic E-state index is 13.3. The van der Waals surface area contributed by atoms with Crippen molar-refractivity contribution in [3.05, 3.63) is 60.7 Å². The quantitative estimate of drug-likeness (QED) is 0.0401. The van der Waals surface area contributed by atoms with Gasteiger partial charge in [-0.1, -0.05) is 263 Å². The van der Waals surface area contributed by atoms with E-state index in [0.29, 0.717) is 31.6 Å². The van der Waals surface area contributed by atoms with E-state index >= 15 is 0 Å². The van der Waals surface area contributed by atoms with Crippen LogP contribution in [0.1, 0.15) is 273 Å². The van der Waals surface area contributed by atoms with Crippen molar-refractivity contribution in [3.8, 4) is 0 Å². The summed E-state index contributed by atoms with van der Waals surface area (Å²) in [5.41, 5.74) is 0. The molecule has 2 unspecified atom stereocenters. The van der Waals surface area contributed by atoms with E-state index in [0.717, 1.165) is 116 Å². The van der Waals surface area contributed by atoms with Crippen LogP contribution in [0.5, 0.6) is 0 Å². The Hall–Kier alpha value is -3.01. The first kappa shape index (κ1) is 69.1. The number of benzene rings is 2. The predicted octanol–water partition coefficient (Wildman–Crippen LogP) is 17.0. The molecular weight excluding hydrogens is 957 g/mol. The monoisotopic (exact) mass is 1070 g/mol. The first-order chi connectivity index (χ1) is 36.9. The van der Waals surface area contributed by atoms with Crippen molar-refractivity contribution in [2.24, 2.45) is 11.8 Å². The van der Waals surface area contributed by atoms with Crippen LogP contribution in [0.2, 0.25) is 5.04 Å². The van der Waals surface area contributed by atoms with Gasteiger partial charge in [0.05, 0.1) is 19.1 Å². The molecule has 0 aliphatic carbocycles. The van der Waals surface area contributed by atoms with Gasteiger partial charge in [0, 0.05) is 26.1 Å². The Balaban J connectivity index is 1.93. The molecule has 0 aromatic heterocycles. The second-order valence-electron chi connectivity index (χ2n) is 23.8. The fraction of sp³-hybridized carbons (Fsp3) is 0.776. The fourth-order valence-corrected chi connectivity index (χ4v) is 15.8. The molecule has 8 nitrogen and oxygen atoms in total. The molecule has 1 N–H and O–H groups in total. The molecule has 0 saturated heterocycles. The van der Waals surface area contributed by atoms with Crippen LogP contribution in [0.4, 0.5) is 0 Å². The molecule has 2 atom stereocenters. The normalized spacial score (nSPS) is 12.8. The van der Waals surface area contributed by atoms with Gasteiger partial charge in [0.15, 0.2) is 0 Å². The molecule has 0 fully saturated rings. The Morgan fingerprint density at radius 1 is 0.500 bits per heavy atom. The lowest BCUT2D eigenvalue weighted by atomic mass is 9.91. The Morgan fingerprint density at radius 2 is 0.908 bits per heavy atom. The number of carbonyl (C=O) groups is 3. The summed E-state index contributed by atoms with van der Waals surface area (Å²) < 4.78 is 18.9. The number of esters is 2. The number of carbonyl (C=O) groups excluding carboxylic acids is 3. The molecule has 1 amide bonds. The summed E-state index contributed by atoms with van der Waals surface area (Å²) in [6.07, 6.45) is 39.5. The number of unbranched alkanes of at least 4 members (excludes halogenated alkanes) is 21. The molecule has 0 heterocycles. The zero-order chi connectivity index (χ0) is 55.4. The number of nitrogens with zero attached hydrogens (tertiary/aromatic N) is 1. The van der Waals surface area contributed by atoms with E-state index in [2.05, 4.69) is 114 Å². The highest BCUT2D eigenvalue weighted by molar-refractivity contribution is 6.99. The molecule has 9 heteroatoms. The molecule has 436 valence electrons. The van der Waals surface area contributed by atoms with Gasteiger partial charge >= 0.3 is 11.9 Å². The number of ether oxygens (including phenoxy) is 2. The van der Waals surface area contributed by atoms with Gasteiger partial charge in [-0.3, -0.25) is 14.4 Å². The van der Waals surface area contributed by atoms with E-state index in [4.69, 9.17) is 13.9 Å². The average Bonchev–Trinajstić information content (AvgIpc) is 3.42. The molecule has 2 aromatic carbocycles. The van der Waals surface area contributed by atoms with Crippen LogP contribution < -0.4 is 15.7 Å². The minimum atomic E-state index is -2.57. The number of likely N-dealkylation sites (N-methyl/N-ethyl adjacent to an activating group) is 1. The first-order valence-corrected chi connectivity index (χ1v) is 33.9. The molecule has 0 saturated carbocycles. The zero-order valence-corrected chi connectivity index (χ0v) is 51.7. The van der Waals surface area contributed by atoms with Crippen LogP contribution in [0.25, 0.3) is 0 Å². The molecule has 0 spiro atoms. The Labute approximate surface area is 469 Å². The third-order valence-electron chi connectivity index (χ3n) is 16.0. The number of hydrogen-bond acceptors (Lipinski definition) is 7. The standard InChI is InChI=1S/C67H118N2O6Si/c1-9-13-17-21-24-32-46-60(45-31-20-16-12-4)66(72)74-55-41-28-34-48-61(68-53-39-42-56-75-76(67(5,6)7,62-49-35-25-36-50-62)63-51-37-26-38-52-63)47-33-27-40-54-73-65(71)58-69(8)64(70)57-59(43-29-22-18-14-10-2)44-30-23-19-15-11-3/h25-26,35-38,49-52,59-61,68H,9-24,27-34,39-48,53-58H2,1-8H3. The third kappa shape index (κ3) is 31.0. The highest BCUT2D eigenvalue weighted by atomic mass is 28.4.